The van der Waals surface area contributed by atoms with Crippen LogP contribution in [0.5, 0.6) is 0 Å². The highest BCUT2D eigenvalue weighted by atomic mass is 16.1. The first-order valence-electron chi connectivity index (χ1n) is 11.4. The zero-order valence-electron chi connectivity index (χ0n) is 19.6. The van der Waals surface area contributed by atoms with E-state index in [1.165, 1.54) is 5.56 Å². The lowest BCUT2D eigenvalue weighted by Gasteiger charge is -2.11. The number of hydrogen-bond donors (Lipinski definition) is 3. The molecule has 2 aromatic heterocycles. The highest BCUT2D eigenvalue weighted by molar-refractivity contribution is 5.92. The summed E-state index contributed by atoms with van der Waals surface area (Å²) in [4.78, 5) is 21.6. The van der Waals surface area contributed by atoms with Crippen molar-refractivity contribution in [2.24, 2.45) is 0 Å². The topological polar surface area (TPSA) is 83.9 Å². The number of aromatic nitrogens is 3. The third kappa shape index (κ3) is 5.47. The van der Waals surface area contributed by atoms with Gasteiger partial charge in [-0.25, -0.2) is 4.98 Å². The Morgan fingerprint density at radius 3 is 2.29 bits per heavy atom. The second-order valence-corrected chi connectivity index (χ2v) is 8.46. The van der Waals surface area contributed by atoms with Crippen LogP contribution in [-0.4, -0.2) is 20.4 Å². The van der Waals surface area contributed by atoms with E-state index in [1.807, 2.05) is 90.5 Å². The van der Waals surface area contributed by atoms with Crippen LogP contribution in [-0.2, 0) is 11.3 Å². The Hall–Kier alpha value is -4.65. The summed E-state index contributed by atoms with van der Waals surface area (Å²) >= 11 is 0. The van der Waals surface area contributed by atoms with Gasteiger partial charge in [-0.05, 0) is 67.8 Å². The van der Waals surface area contributed by atoms with Gasteiger partial charge in [0.05, 0.1) is 0 Å². The average molecular weight is 463 g/mol. The minimum Gasteiger partial charge on any atom is -0.340 e. The molecule has 0 aliphatic carbocycles. The molecule has 35 heavy (non-hydrogen) atoms. The molecule has 0 saturated heterocycles. The van der Waals surface area contributed by atoms with Gasteiger partial charge in [-0.3, -0.25) is 4.79 Å². The molecule has 0 aliphatic rings. The van der Waals surface area contributed by atoms with Crippen LogP contribution < -0.4 is 16.0 Å². The summed E-state index contributed by atoms with van der Waals surface area (Å²) < 4.78 is 1.94. The maximum absolute atomic E-state index is 12.6. The van der Waals surface area contributed by atoms with E-state index in [9.17, 15) is 4.79 Å². The highest BCUT2D eigenvalue weighted by Crippen LogP contribution is 2.21. The third-order valence-corrected chi connectivity index (χ3v) is 5.60. The van der Waals surface area contributed by atoms with Crippen molar-refractivity contribution in [3.63, 3.8) is 0 Å². The molecule has 7 nitrogen and oxygen atoms in total. The minimum atomic E-state index is -0.0825. The van der Waals surface area contributed by atoms with Crippen LogP contribution in [0, 0.1) is 13.8 Å². The predicted molar refractivity (Wildman–Crippen MR) is 142 cm³/mol. The Balaban J connectivity index is 1.22. The molecule has 0 atom stereocenters. The molecular weight excluding hydrogens is 436 g/mol. The van der Waals surface area contributed by atoms with Gasteiger partial charge in [0.1, 0.15) is 12.4 Å². The first kappa shape index (κ1) is 22.2. The Bertz CT molecular complexity index is 1470. The summed E-state index contributed by atoms with van der Waals surface area (Å²) in [6.45, 7) is 4.24. The van der Waals surface area contributed by atoms with E-state index in [0.29, 0.717) is 11.8 Å². The van der Waals surface area contributed by atoms with E-state index in [1.54, 1.807) is 0 Å². The van der Waals surface area contributed by atoms with Crippen molar-refractivity contribution in [2.45, 2.75) is 20.4 Å². The predicted octanol–water partition coefficient (Wildman–Crippen LogP) is 6.17. The largest absolute Gasteiger partial charge is 0.340 e. The molecule has 2 heterocycles. The molecule has 0 unspecified atom stereocenters. The smallest absolute Gasteiger partial charge is 0.244 e. The van der Waals surface area contributed by atoms with Crippen molar-refractivity contribution in [2.75, 3.05) is 16.0 Å². The number of hydrogen-bond acceptors (Lipinski definition) is 5. The molecule has 0 aliphatic heterocycles. The molecule has 0 bridgehead atoms. The number of carbonyl (C=O) groups is 1. The molecule has 0 spiro atoms. The van der Waals surface area contributed by atoms with Crippen molar-refractivity contribution < 1.29 is 4.79 Å². The Labute approximate surface area is 203 Å². The second-order valence-electron chi connectivity index (χ2n) is 8.46. The zero-order chi connectivity index (χ0) is 24.2. The Morgan fingerprint density at radius 1 is 0.800 bits per heavy atom. The highest BCUT2D eigenvalue weighted by Gasteiger charge is 2.08. The summed E-state index contributed by atoms with van der Waals surface area (Å²) in [6, 6.07) is 27.6. The number of nitrogens with zero attached hydrogens (tertiary/aromatic N) is 3. The van der Waals surface area contributed by atoms with Crippen LogP contribution in [0.2, 0.25) is 0 Å². The van der Waals surface area contributed by atoms with E-state index < -0.39 is 0 Å². The zero-order valence-corrected chi connectivity index (χ0v) is 19.6. The number of para-hydroxylation sites is 1. The lowest BCUT2D eigenvalue weighted by atomic mass is 10.2. The normalized spacial score (nSPS) is 10.8. The Kier molecular flexibility index (Phi) is 6.13. The number of anilines is 5. The number of amides is 1. The quantitative estimate of drug-likeness (QED) is 0.269. The fourth-order valence-electron chi connectivity index (χ4n) is 3.87. The minimum absolute atomic E-state index is 0.0825. The standard InChI is InChI=1S/C28H26N6O/c1-19-7-9-22(10-8-19)30-26-17-20(2)29-28(33-26)32-24-13-11-23(12-14-24)31-27(35)18-34-16-15-21-5-3-4-6-25(21)34/h3-17H,18H2,1-2H3,(H,31,35)(H2,29,30,32,33). The number of carbonyl (C=O) groups excluding carboxylic acids is 1. The maximum atomic E-state index is 12.6. The van der Waals surface area contributed by atoms with Crippen LogP contribution >= 0.6 is 0 Å². The number of benzene rings is 3. The lowest BCUT2D eigenvalue weighted by molar-refractivity contribution is -0.116. The number of nitrogens with one attached hydrogen (secondary N) is 3. The van der Waals surface area contributed by atoms with Gasteiger partial charge in [-0.1, -0.05) is 35.9 Å². The summed E-state index contributed by atoms with van der Waals surface area (Å²) in [5, 5.41) is 10.6. The fraction of sp³-hybridized carbons (Fsp3) is 0.107. The van der Waals surface area contributed by atoms with Crippen LogP contribution in [0.4, 0.5) is 28.8 Å². The number of rotatable bonds is 7. The van der Waals surface area contributed by atoms with Gasteiger partial charge in [0, 0.05) is 40.5 Å². The first-order valence-corrected chi connectivity index (χ1v) is 11.4. The van der Waals surface area contributed by atoms with Crippen molar-refractivity contribution in [3.05, 3.63) is 102 Å². The first-order chi connectivity index (χ1) is 17.0. The summed E-state index contributed by atoms with van der Waals surface area (Å²) in [5.41, 5.74) is 5.60. The fourth-order valence-corrected chi connectivity index (χ4v) is 3.87. The third-order valence-electron chi connectivity index (χ3n) is 5.60. The van der Waals surface area contributed by atoms with E-state index in [-0.39, 0.29) is 12.5 Å². The molecule has 0 fully saturated rings. The van der Waals surface area contributed by atoms with Gasteiger partial charge in [-0.2, -0.15) is 4.98 Å². The molecule has 5 rings (SSSR count). The second kappa shape index (κ2) is 9.69. The average Bonchev–Trinajstić information content (AvgIpc) is 3.24. The number of aryl methyl sites for hydroxylation is 2. The van der Waals surface area contributed by atoms with Gasteiger partial charge >= 0.3 is 0 Å². The summed E-state index contributed by atoms with van der Waals surface area (Å²) in [5.74, 6) is 1.13. The van der Waals surface area contributed by atoms with Crippen LogP contribution in [0.15, 0.2) is 91.1 Å². The van der Waals surface area contributed by atoms with Crippen molar-refractivity contribution in [1.82, 2.24) is 14.5 Å². The molecule has 3 N–H and O–H groups in total. The molecule has 3 aromatic carbocycles. The van der Waals surface area contributed by atoms with Crippen molar-refractivity contribution >= 4 is 45.6 Å². The van der Waals surface area contributed by atoms with Crippen molar-refractivity contribution in [3.8, 4) is 0 Å². The molecule has 5 aromatic rings. The number of fused-ring (bicyclic) bond motifs is 1. The monoisotopic (exact) mass is 462 g/mol. The van der Waals surface area contributed by atoms with Gasteiger partial charge in [0.25, 0.3) is 0 Å². The van der Waals surface area contributed by atoms with Gasteiger partial charge in [0.2, 0.25) is 11.9 Å². The molecular formula is C28H26N6O. The SMILES string of the molecule is Cc1ccc(Nc2cc(C)nc(Nc3ccc(NC(=O)Cn4ccc5ccccc54)cc3)n2)cc1. The van der Waals surface area contributed by atoms with Crippen LogP contribution in [0.3, 0.4) is 0 Å². The van der Waals surface area contributed by atoms with Crippen LogP contribution in [0.1, 0.15) is 11.3 Å². The summed E-state index contributed by atoms with van der Waals surface area (Å²) in [7, 11) is 0. The molecule has 7 heteroatoms. The van der Waals surface area contributed by atoms with Gasteiger partial charge in [0.15, 0.2) is 0 Å². The molecule has 0 saturated carbocycles. The van der Waals surface area contributed by atoms with Gasteiger partial charge in [-0.15, -0.1) is 0 Å². The van der Waals surface area contributed by atoms with Crippen LogP contribution in [0.25, 0.3) is 10.9 Å². The van der Waals surface area contributed by atoms with E-state index in [2.05, 4.69) is 45.0 Å². The maximum Gasteiger partial charge on any atom is 0.244 e. The molecule has 0 radical (unpaired) electrons. The Morgan fingerprint density at radius 2 is 1.49 bits per heavy atom. The molecule has 1 amide bonds. The molecule has 174 valence electrons. The summed E-state index contributed by atoms with van der Waals surface area (Å²) in [6.07, 6.45) is 1.93. The lowest BCUT2D eigenvalue weighted by Crippen LogP contribution is -2.18. The van der Waals surface area contributed by atoms with Crippen molar-refractivity contribution in [1.29, 1.82) is 0 Å². The van der Waals surface area contributed by atoms with Gasteiger partial charge < -0.3 is 20.5 Å². The van der Waals surface area contributed by atoms with E-state index >= 15 is 0 Å². The van der Waals surface area contributed by atoms with E-state index in [4.69, 9.17) is 0 Å². The van der Waals surface area contributed by atoms with E-state index in [0.717, 1.165) is 33.7 Å².